The first-order chi connectivity index (χ1) is 11.1. The highest BCUT2D eigenvalue weighted by molar-refractivity contribution is 6.30. The van der Waals surface area contributed by atoms with Crippen LogP contribution in [0.5, 0.6) is 11.5 Å². The predicted octanol–water partition coefficient (Wildman–Crippen LogP) is 2.53. The van der Waals surface area contributed by atoms with Gasteiger partial charge in [0.1, 0.15) is 6.61 Å². The van der Waals surface area contributed by atoms with Crippen LogP contribution < -0.4 is 20.9 Å². The lowest BCUT2D eigenvalue weighted by Crippen LogP contribution is -2.21. The highest BCUT2D eigenvalue weighted by atomic mass is 35.5. The highest BCUT2D eigenvalue weighted by Crippen LogP contribution is 2.31. The third-order valence-corrected chi connectivity index (χ3v) is 3.11. The smallest absolute Gasteiger partial charge is 0.211 e. The summed E-state index contributed by atoms with van der Waals surface area (Å²) in [6.45, 7) is 0.337. The molecule has 4 N–H and O–H groups in total. The number of methoxy groups -OCH3 is 1. The first kappa shape index (κ1) is 16.6. The molecule has 0 aliphatic rings. The minimum absolute atomic E-state index is 0.120. The Labute approximate surface area is 139 Å². The van der Waals surface area contributed by atoms with Gasteiger partial charge in [0.2, 0.25) is 5.96 Å². The average Bonchev–Trinajstić information content (AvgIpc) is 2.53. The van der Waals surface area contributed by atoms with Crippen molar-refractivity contribution in [1.82, 2.24) is 0 Å². The van der Waals surface area contributed by atoms with E-state index in [1.807, 2.05) is 36.4 Å². The van der Waals surface area contributed by atoms with Gasteiger partial charge in [-0.05, 0) is 29.8 Å². The molecule has 23 heavy (non-hydrogen) atoms. The quantitative estimate of drug-likeness (QED) is 0.482. The molecular formula is C16H17ClN4O2. The molecule has 2 rings (SSSR count). The predicted molar refractivity (Wildman–Crippen MR) is 92.2 cm³/mol. The molecule has 0 radical (unpaired) electrons. The fourth-order valence-corrected chi connectivity index (χ4v) is 2.10. The van der Waals surface area contributed by atoms with Crippen LogP contribution in [-0.4, -0.2) is 19.3 Å². The van der Waals surface area contributed by atoms with Crippen molar-refractivity contribution in [2.24, 2.45) is 21.7 Å². The van der Waals surface area contributed by atoms with Gasteiger partial charge in [-0.3, -0.25) is 0 Å². The topological polar surface area (TPSA) is 95.2 Å². The number of para-hydroxylation sites is 1. The van der Waals surface area contributed by atoms with Crippen LogP contribution in [0, 0.1) is 0 Å². The van der Waals surface area contributed by atoms with Crippen LogP contribution in [0.25, 0.3) is 0 Å². The van der Waals surface area contributed by atoms with Crippen molar-refractivity contribution < 1.29 is 9.47 Å². The lowest BCUT2D eigenvalue weighted by Gasteiger charge is -2.13. The number of ether oxygens (including phenoxy) is 2. The SMILES string of the molecule is COc1cccc(/C=N/N=C(N)N)c1OCc1cccc(Cl)c1. The molecule has 0 amide bonds. The summed E-state index contributed by atoms with van der Waals surface area (Å²) < 4.78 is 11.2. The zero-order valence-corrected chi connectivity index (χ0v) is 13.3. The number of benzene rings is 2. The monoisotopic (exact) mass is 332 g/mol. The summed E-state index contributed by atoms with van der Waals surface area (Å²) in [6.07, 6.45) is 1.50. The van der Waals surface area contributed by atoms with E-state index < -0.39 is 0 Å². The second-order valence-electron chi connectivity index (χ2n) is 4.57. The molecule has 0 spiro atoms. The van der Waals surface area contributed by atoms with E-state index in [0.29, 0.717) is 28.7 Å². The molecule has 0 aliphatic carbocycles. The van der Waals surface area contributed by atoms with Crippen molar-refractivity contribution >= 4 is 23.8 Å². The molecule has 0 atom stereocenters. The standard InChI is InChI=1S/C16H17ClN4O2/c1-22-14-7-3-5-12(9-20-21-16(18)19)15(14)23-10-11-4-2-6-13(17)8-11/h2-9H,10H2,1H3,(H4,18,19,21)/b20-9+. The molecule has 0 unspecified atom stereocenters. The molecule has 0 bridgehead atoms. The number of rotatable bonds is 6. The molecule has 2 aromatic rings. The van der Waals surface area contributed by atoms with Gasteiger partial charge < -0.3 is 20.9 Å². The fraction of sp³-hybridized carbons (Fsp3) is 0.125. The Bertz CT molecular complexity index is 728. The van der Waals surface area contributed by atoms with Gasteiger partial charge in [-0.25, -0.2) is 0 Å². The van der Waals surface area contributed by atoms with Gasteiger partial charge in [-0.1, -0.05) is 29.8 Å². The van der Waals surface area contributed by atoms with E-state index in [-0.39, 0.29) is 5.96 Å². The van der Waals surface area contributed by atoms with Crippen LogP contribution in [0.3, 0.4) is 0 Å². The Kier molecular flexibility index (Phi) is 5.82. The molecule has 0 saturated heterocycles. The van der Waals surface area contributed by atoms with Crippen molar-refractivity contribution in [1.29, 1.82) is 0 Å². The summed E-state index contributed by atoms with van der Waals surface area (Å²) in [5.74, 6) is 1.01. The van der Waals surface area contributed by atoms with E-state index in [0.717, 1.165) is 5.56 Å². The van der Waals surface area contributed by atoms with E-state index in [2.05, 4.69) is 10.2 Å². The van der Waals surface area contributed by atoms with Crippen molar-refractivity contribution in [2.45, 2.75) is 6.61 Å². The zero-order valence-electron chi connectivity index (χ0n) is 12.6. The normalized spacial score (nSPS) is 10.5. The first-order valence-electron chi connectivity index (χ1n) is 6.76. The van der Waals surface area contributed by atoms with Crippen LogP contribution in [-0.2, 0) is 6.61 Å². The Balaban J connectivity index is 2.24. The molecule has 0 heterocycles. The van der Waals surface area contributed by atoms with Gasteiger partial charge in [0.25, 0.3) is 0 Å². The Morgan fingerprint density at radius 2 is 2.00 bits per heavy atom. The van der Waals surface area contributed by atoms with Gasteiger partial charge in [0.05, 0.1) is 13.3 Å². The van der Waals surface area contributed by atoms with Gasteiger partial charge in [-0.15, -0.1) is 5.10 Å². The molecular weight excluding hydrogens is 316 g/mol. The number of halogens is 1. The summed E-state index contributed by atoms with van der Waals surface area (Å²) >= 11 is 5.97. The maximum Gasteiger partial charge on any atom is 0.211 e. The largest absolute Gasteiger partial charge is 0.493 e. The number of hydrogen-bond donors (Lipinski definition) is 2. The average molecular weight is 333 g/mol. The summed E-state index contributed by atoms with van der Waals surface area (Å²) in [6, 6.07) is 12.9. The summed E-state index contributed by atoms with van der Waals surface area (Å²) in [7, 11) is 1.57. The first-order valence-corrected chi connectivity index (χ1v) is 7.14. The molecule has 0 saturated carbocycles. The van der Waals surface area contributed by atoms with E-state index in [1.54, 1.807) is 13.2 Å². The molecule has 6 nitrogen and oxygen atoms in total. The van der Waals surface area contributed by atoms with Gasteiger partial charge >= 0.3 is 0 Å². The van der Waals surface area contributed by atoms with E-state index in [1.165, 1.54) is 6.21 Å². The van der Waals surface area contributed by atoms with E-state index >= 15 is 0 Å². The Morgan fingerprint density at radius 3 is 2.70 bits per heavy atom. The van der Waals surface area contributed by atoms with Gasteiger partial charge in [-0.2, -0.15) is 5.10 Å². The van der Waals surface area contributed by atoms with Crippen LogP contribution in [0.2, 0.25) is 5.02 Å². The zero-order chi connectivity index (χ0) is 16.7. The van der Waals surface area contributed by atoms with Crippen molar-refractivity contribution in [3.63, 3.8) is 0 Å². The second-order valence-corrected chi connectivity index (χ2v) is 5.00. The van der Waals surface area contributed by atoms with Gasteiger partial charge in [0.15, 0.2) is 11.5 Å². The molecule has 0 aromatic heterocycles. The van der Waals surface area contributed by atoms with Gasteiger partial charge in [0, 0.05) is 10.6 Å². The third kappa shape index (κ3) is 4.89. The van der Waals surface area contributed by atoms with Crippen molar-refractivity contribution in [3.8, 4) is 11.5 Å². The third-order valence-electron chi connectivity index (χ3n) is 2.87. The Morgan fingerprint density at radius 1 is 1.22 bits per heavy atom. The summed E-state index contributed by atoms with van der Waals surface area (Å²) in [4.78, 5) is 0. The second kappa shape index (κ2) is 8.05. The summed E-state index contributed by atoms with van der Waals surface area (Å²) in [5, 5.41) is 8.03. The maximum atomic E-state index is 5.97. The number of guanidine groups is 1. The molecule has 2 aromatic carbocycles. The van der Waals surface area contributed by atoms with E-state index in [4.69, 9.17) is 32.5 Å². The molecule has 0 fully saturated rings. The molecule has 0 aliphatic heterocycles. The van der Waals surface area contributed by atoms with Crippen LogP contribution in [0.1, 0.15) is 11.1 Å². The molecule has 120 valence electrons. The van der Waals surface area contributed by atoms with Crippen molar-refractivity contribution in [3.05, 3.63) is 58.6 Å². The van der Waals surface area contributed by atoms with E-state index in [9.17, 15) is 0 Å². The summed E-state index contributed by atoms with van der Waals surface area (Å²) in [5.41, 5.74) is 12.1. The lowest BCUT2D eigenvalue weighted by molar-refractivity contribution is 0.284. The highest BCUT2D eigenvalue weighted by Gasteiger charge is 2.09. The molecule has 7 heteroatoms. The lowest BCUT2D eigenvalue weighted by atomic mass is 10.2. The number of hydrogen-bond acceptors (Lipinski definition) is 4. The van der Waals surface area contributed by atoms with Crippen molar-refractivity contribution in [2.75, 3.05) is 7.11 Å². The van der Waals surface area contributed by atoms with Crippen LogP contribution in [0.15, 0.2) is 52.7 Å². The fourth-order valence-electron chi connectivity index (χ4n) is 1.89. The van der Waals surface area contributed by atoms with Crippen LogP contribution in [0.4, 0.5) is 0 Å². The minimum atomic E-state index is -0.120. The minimum Gasteiger partial charge on any atom is -0.493 e. The van der Waals surface area contributed by atoms with Crippen LogP contribution >= 0.6 is 11.6 Å². The number of nitrogens with two attached hydrogens (primary N) is 2. The Hall–Kier alpha value is -2.73. The number of nitrogens with zero attached hydrogens (tertiary/aromatic N) is 2. The maximum absolute atomic E-state index is 5.97.